The van der Waals surface area contributed by atoms with E-state index in [2.05, 4.69) is 28.1 Å². The molecule has 1 saturated heterocycles. The van der Waals surface area contributed by atoms with E-state index in [1.165, 1.54) is 0 Å². The topological polar surface area (TPSA) is 60.9 Å². The average molecular weight is 426 g/mol. The Hall–Kier alpha value is -2.96. The van der Waals surface area contributed by atoms with Gasteiger partial charge in [0.25, 0.3) is 5.91 Å². The number of hydrogen-bond acceptors (Lipinski definition) is 6. The third-order valence-corrected chi connectivity index (χ3v) is 5.79. The number of hydrogen-bond donors (Lipinski definition) is 1. The summed E-state index contributed by atoms with van der Waals surface area (Å²) in [7, 11) is 5.30. The second kappa shape index (κ2) is 9.90. The van der Waals surface area contributed by atoms with Crippen LogP contribution in [0.2, 0.25) is 0 Å². The first-order chi connectivity index (χ1) is 14.9. The third-order valence-electron chi connectivity index (χ3n) is 5.79. The van der Waals surface area contributed by atoms with Crippen molar-refractivity contribution in [2.45, 2.75) is 27.2 Å². The predicted molar refractivity (Wildman–Crippen MR) is 128 cm³/mol. The fraction of sp³-hybridized carbons (Fsp3) is 0.500. The van der Waals surface area contributed by atoms with Crippen LogP contribution in [0.25, 0.3) is 0 Å². The van der Waals surface area contributed by atoms with Gasteiger partial charge in [0.1, 0.15) is 11.6 Å². The van der Waals surface area contributed by atoms with Crippen LogP contribution in [0.5, 0.6) is 5.75 Å². The Morgan fingerprint density at radius 1 is 1.13 bits per heavy atom. The van der Waals surface area contributed by atoms with Gasteiger partial charge in [-0.15, -0.1) is 0 Å². The van der Waals surface area contributed by atoms with Crippen LogP contribution in [0, 0.1) is 13.8 Å². The molecule has 1 fully saturated rings. The summed E-state index contributed by atoms with van der Waals surface area (Å²) in [6.07, 6.45) is 1.02. The molecule has 7 heteroatoms. The number of amides is 1. The van der Waals surface area contributed by atoms with E-state index in [0.29, 0.717) is 5.56 Å². The Morgan fingerprint density at radius 3 is 2.39 bits per heavy atom. The first-order valence-electron chi connectivity index (χ1n) is 11.0. The second-order valence-corrected chi connectivity index (χ2v) is 8.17. The Morgan fingerprint density at radius 2 is 1.77 bits per heavy atom. The standard InChI is InChI=1S/C24H35N5O2/c1-7-12-25-22-17(2)21(24(30)27(4)5)23(26-18(22)3)29-15-13-28(14-16-29)19-10-8-9-11-20(19)31-6/h8-11,25H,7,12-16H2,1-6H3. The van der Waals surface area contributed by atoms with Gasteiger partial charge in [0.2, 0.25) is 0 Å². The van der Waals surface area contributed by atoms with Crippen LogP contribution in [0.3, 0.4) is 0 Å². The van der Waals surface area contributed by atoms with Crippen molar-refractivity contribution in [1.29, 1.82) is 0 Å². The van der Waals surface area contributed by atoms with E-state index in [-0.39, 0.29) is 5.91 Å². The van der Waals surface area contributed by atoms with Gasteiger partial charge in [-0.1, -0.05) is 19.1 Å². The zero-order valence-corrected chi connectivity index (χ0v) is 19.7. The minimum Gasteiger partial charge on any atom is -0.495 e. The van der Waals surface area contributed by atoms with Gasteiger partial charge >= 0.3 is 0 Å². The van der Waals surface area contributed by atoms with Crippen LogP contribution >= 0.6 is 0 Å². The summed E-state index contributed by atoms with van der Waals surface area (Å²) in [5.41, 5.74) is 4.68. The fourth-order valence-electron chi connectivity index (χ4n) is 4.10. The largest absolute Gasteiger partial charge is 0.495 e. The molecule has 1 aromatic heterocycles. The Labute approximate surface area is 186 Å². The highest BCUT2D eigenvalue weighted by Gasteiger charge is 2.28. The number of aryl methyl sites for hydroxylation is 1. The zero-order chi connectivity index (χ0) is 22.5. The number of carbonyl (C=O) groups is 1. The molecule has 0 saturated carbocycles. The molecule has 2 heterocycles. The smallest absolute Gasteiger partial charge is 0.257 e. The van der Waals surface area contributed by atoms with Gasteiger partial charge in [-0.3, -0.25) is 4.79 Å². The summed E-state index contributed by atoms with van der Waals surface area (Å²) >= 11 is 0. The lowest BCUT2D eigenvalue weighted by atomic mass is 10.0. The van der Waals surface area contributed by atoms with Gasteiger partial charge in [-0.2, -0.15) is 0 Å². The molecule has 2 aromatic rings. The van der Waals surface area contributed by atoms with Crippen molar-refractivity contribution >= 4 is 23.1 Å². The van der Waals surface area contributed by atoms with Crippen molar-refractivity contribution in [2.24, 2.45) is 0 Å². The molecule has 168 valence electrons. The molecule has 7 nitrogen and oxygen atoms in total. The first-order valence-corrected chi connectivity index (χ1v) is 11.0. The normalized spacial score (nSPS) is 13.9. The summed E-state index contributed by atoms with van der Waals surface area (Å²) in [4.78, 5) is 24.3. The number of benzene rings is 1. The lowest BCUT2D eigenvalue weighted by molar-refractivity contribution is 0.0827. The van der Waals surface area contributed by atoms with Gasteiger partial charge < -0.3 is 24.8 Å². The summed E-state index contributed by atoms with van der Waals surface area (Å²) in [5, 5.41) is 3.46. The van der Waals surface area contributed by atoms with Crippen LogP contribution in [0.15, 0.2) is 24.3 Å². The Kier molecular flexibility index (Phi) is 7.25. The SMILES string of the molecule is CCCNc1c(C)nc(N2CCN(c3ccccc3OC)CC2)c(C(=O)N(C)C)c1C. The number of carbonyl (C=O) groups excluding carboxylic acids is 1. The van der Waals surface area contributed by atoms with E-state index in [0.717, 1.165) is 73.3 Å². The van der Waals surface area contributed by atoms with Gasteiger partial charge in [-0.25, -0.2) is 4.98 Å². The molecule has 1 aliphatic heterocycles. The number of ether oxygens (including phenoxy) is 1. The van der Waals surface area contributed by atoms with Crippen LogP contribution in [-0.2, 0) is 0 Å². The molecular formula is C24H35N5O2. The van der Waals surface area contributed by atoms with E-state index in [1.807, 2.05) is 32.0 Å². The molecule has 0 radical (unpaired) electrons. The zero-order valence-electron chi connectivity index (χ0n) is 19.7. The monoisotopic (exact) mass is 425 g/mol. The summed E-state index contributed by atoms with van der Waals surface area (Å²) in [6, 6.07) is 8.11. The number of aromatic nitrogens is 1. The number of nitrogens with zero attached hydrogens (tertiary/aromatic N) is 4. The molecule has 0 aliphatic carbocycles. The molecule has 31 heavy (non-hydrogen) atoms. The molecule has 0 atom stereocenters. The first kappa shape index (κ1) is 22.7. The van der Waals surface area contributed by atoms with Crippen molar-refractivity contribution < 1.29 is 9.53 Å². The van der Waals surface area contributed by atoms with E-state index in [4.69, 9.17) is 9.72 Å². The maximum Gasteiger partial charge on any atom is 0.257 e. The van der Waals surface area contributed by atoms with Crippen molar-refractivity contribution in [3.05, 3.63) is 41.1 Å². The minimum atomic E-state index is -0.00768. The maximum absolute atomic E-state index is 13.1. The highest BCUT2D eigenvalue weighted by molar-refractivity contribution is 6.01. The molecule has 1 amide bonds. The third kappa shape index (κ3) is 4.70. The molecule has 0 unspecified atom stereocenters. The van der Waals surface area contributed by atoms with Crippen molar-refractivity contribution in [2.75, 3.05) is 69.0 Å². The van der Waals surface area contributed by atoms with Crippen molar-refractivity contribution in [3.63, 3.8) is 0 Å². The maximum atomic E-state index is 13.1. The minimum absolute atomic E-state index is 0.00768. The molecular weight excluding hydrogens is 390 g/mol. The fourth-order valence-corrected chi connectivity index (χ4v) is 4.10. The lowest BCUT2D eigenvalue weighted by Gasteiger charge is -2.38. The van der Waals surface area contributed by atoms with Gasteiger partial charge in [0.15, 0.2) is 0 Å². The number of piperazine rings is 1. The number of pyridine rings is 1. The average Bonchev–Trinajstić information content (AvgIpc) is 2.78. The molecule has 1 N–H and O–H groups in total. The van der Waals surface area contributed by atoms with E-state index in [1.54, 1.807) is 26.1 Å². The second-order valence-electron chi connectivity index (χ2n) is 8.17. The number of anilines is 3. The van der Waals surface area contributed by atoms with Crippen LogP contribution < -0.4 is 19.9 Å². The van der Waals surface area contributed by atoms with Crippen LogP contribution in [-0.4, -0.2) is 69.7 Å². The van der Waals surface area contributed by atoms with Crippen molar-refractivity contribution in [1.82, 2.24) is 9.88 Å². The van der Waals surface area contributed by atoms with Gasteiger partial charge in [0, 0.05) is 46.8 Å². The summed E-state index contributed by atoms with van der Waals surface area (Å²) in [6.45, 7) is 10.3. The van der Waals surface area contributed by atoms with E-state index in [9.17, 15) is 4.79 Å². The Balaban J connectivity index is 1.91. The van der Waals surface area contributed by atoms with Crippen LogP contribution in [0.1, 0.15) is 35.0 Å². The highest BCUT2D eigenvalue weighted by Crippen LogP contribution is 2.33. The number of nitrogens with one attached hydrogen (secondary N) is 1. The van der Waals surface area contributed by atoms with E-state index < -0.39 is 0 Å². The molecule has 1 aliphatic rings. The van der Waals surface area contributed by atoms with Gasteiger partial charge in [0.05, 0.1) is 29.7 Å². The summed E-state index contributed by atoms with van der Waals surface area (Å²) < 4.78 is 5.54. The predicted octanol–water partition coefficient (Wildman–Crippen LogP) is 3.56. The molecule has 0 bridgehead atoms. The van der Waals surface area contributed by atoms with Gasteiger partial charge in [-0.05, 0) is 38.0 Å². The number of para-hydroxylation sites is 2. The van der Waals surface area contributed by atoms with Crippen molar-refractivity contribution in [3.8, 4) is 5.75 Å². The quantitative estimate of drug-likeness (QED) is 0.732. The highest BCUT2D eigenvalue weighted by atomic mass is 16.5. The summed E-state index contributed by atoms with van der Waals surface area (Å²) in [5.74, 6) is 1.66. The lowest BCUT2D eigenvalue weighted by Crippen LogP contribution is -2.47. The van der Waals surface area contributed by atoms with E-state index >= 15 is 0 Å². The Bertz CT molecular complexity index is 920. The number of rotatable bonds is 7. The molecule has 1 aromatic carbocycles. The molecule has 0 spiro atoms. The number of methoxy groups -OCH3 is 1. The van der Waals surface area contributed by atoms with Crippen LogP contribution in [0.4, 0.5) is 17.2 Å². The molecule has 3 rings (SSSR count).